The Labute approximate surface area is 173 Å². The molecule has 1 aromatic heterocycles. The van der Waals surface area contributed by atoms with Gasteiger partial charge in [-0.15, -0.1) is 0 Å². The second-order valence-corrected chi connectivity index (χ2v) is 8.90. The lowest BCUT2D eigenvalue weighted by molar-refractivity contribution is -0.154. The molecule has 0 saturated carbocycles. The number of ketones is 1. The Kier molecular flexibility index (Phi) is 8.50. The Morgan fingerprint density at radius 2 is 1.70 bits per heavy atom. The van der Waals surface area contributed by atoms with Crippen LogP contribution in [0, 0.1) is 0 Å². The van der Waals surface area contributed by atoms with Crippen molar-refractivity contribution in [1.82, 2.24) is 15.3 Å². The van der Waals surface area contributed by atoms with Gasteiger partial charge in [-0.05, 0) is 40.9 Å². The Hall–Kier alpha value is -0.930. The molecule has 0 aliphatic rings. The first-order valence-corrected chi connectivity index (χ1v) is 10.2. The van der Waals surface area contributed by atoms with E-state index in [-0.39, 0.29) is 28.8 Å². The maximum absolute atomic E-state index is 12.9. The molecule has 2 N–H and O–H groups in total. The first-order valence-electron chi connectivity index (χ1n) is 8.25. The zero-order valence-corrected chi connectivity index (χ0v) is 18.6. The fraction of sp³-hybridized carbons (Fsp3) is 0.647. The summed E-state index contributed by atoms with van der Waals surface area (Å²) in [5.74, 6) is -0.977. The molecule has 0 fully saturated rings. The molecule has 10 heteroatoms. The Bertz CT molecular complexity index is 679. The molecular weight excluding hydrogens is 413 g/mol. The van der Waals surface area contributed by atoms with E-state index in [1.54, 1.807) is 27.0 Å². The van der Waals surface area contributed by atoms with Crippen molar-refractivity contribution in [3.8, 4) is 0 Å². The lowest BCUT2D eigenvalue weighted by atomic mass is 9.92. The van der Waals surface area contributed by atoms with Crippen molar-refractivity contribution in [2.45, 2.75) is 63.4 Å². The van der Waals surface area contributed by atoms with Crippen LogP contribution in [-0.2, 0) is 9.53 Å². The van der Waals surface area contributed by atoms with Crippen LogP contribution in [-0.4, -0.2) is 56.9 Å². The van der Waals surface area contributed by atoms with Crippen LogP contribution in [0.2, 0.25) is 10.3 Å². The van der Waals surface area contributed by atoms with Crippen molar-refractivity contribution in [3.63, 3.8) is 0 Å². The van der Waals surface area contributed by atoms with E-state index in [2.05, 4.69) is 15.3 Å². The van der Waals surface area contributed by atoms with Crippen molar-refractivity contribution in [2.24, 2.45) is 0 Å². The van der Waals surface area contributed by atoms with Gasteiger partial charge in [-0.2, -0.15) is 0 Å². The molecule has 27 heavy (non-hydrogen) atoms. The fourth-order valence-electron chi connectivity index (χ4n) is 2.20. The van der Waals surface area contributed by atoms with Crippen LogP contribution in [0.3, 0.4) is 0 Å². The molecule has 0 radical (unpaired) electrons. The normalized spacial score (nSPS) is 13.4. The highest BCUT2D eigenvalue weighted by atomic mass is 35.5. The number of Topliss-reactive ketones (excluding diaryl/α,β-unsaturated/α-hetero) is 1. The van der Waals surface area contributed by atoms with E-state index in [9.17, 15) is 14.7 Å². The maximum atomic E-state index is 12.9. The minimum atomic E-state index is -1.45. The number of rotatable bonds is 8. The van der Waals surface area contributed by atoms with Gasteiger partial charge in [-0.25, -0.2) is 9.97 Å². The first-order chi connectivity index (χ1) is 12.3. The van der Waals surface area contributed by atoms with Gasteiger partial charge in [0, 0.05) is 6.54 Å². The molecule has 1 heterocycles. The summed E-state index contributed by atoms with van der Waals surface area (Å²) in [6, 6.07) is -1.07. The molecule has 0 amide bonds. The van der Waals surface area contributed by atoms with Gasteiger partial charge in [-0.3, -0.25) is 9.59 Å². The lowest BCUT2D eigenvalue weighted by Gasteiger charge is -2.29. The number of esters is 1. The number of halogens is 2. The van der Waals surface area contributed by atoms with Crippen molar-refractivity contribution in [2.75, 3.05) is 12.8 Å². The van der Waals surface area contributed by atoms with Gasteiger partial charge in [0.15, 0.2) is 10.9 Å². The predicted molar refractivity (Wildman–Crippen MR) is 107 cm³/mol. The summed E-state index contributed by atoms with van der Waals surface area (Å²) in [5, 5.41) is 13.4. The monoisotopic (exact) mass is 437 g/mol. The van der Waals surface area contributed by atoms with Crippen LogP contribution in [0.5, 0.6) is 0 Å². The number of carbonyl (C=O) groups is 2. The topological polar surface area (TPSA) is 101 Å². The van der Waals surface area contributed by atoms with Crippen LogP contribution in [0.15, 0.2) is 5.16 Å². The average molecular weight is 438 g/mol. The number of carbonyl (C=O) groups excluding carboxylic acids is 2. The van der Waals surface area contributed by atoms with E-state index < -0.39 is 29.0 Å². The molecule has 1 atom stereocenters. The third-order valence-corrected chi connectivity index (χ3v) is 4.39. The summed E-state index contributed by atoms with van der Waals surface area (Å²) in [6.07, 6.45) is 1.78. The third-order valence-electron chi connectivity index (χ3n) is 3.30. The number of nitrogens with one attached hydrogen (secondary N) is 1. The standard InChI is InChI=1S/C17H25Cl2N3O4S/c1-16(2,3)26-9(23)7-8-20-12(17(4,5)25)11(24)10-13(18)21-15(27-6)22-14(10)19/h12,20,25H,7-8H2,1-6H3. The van der Waals surface area contributed by atoms with E-state index >= 15 is 0 Å². The van der Waals surface area contributed by atoms with Gasteiger partial charge in [-0.1, -0.05) is 35.0 Å². The Balaban J connectivity index is 2.96. The maximum Gasteiger partial charge on any atom is 0.307 e. The summed E-state index contributed by atoms with van der Waals surface area (Å²) >= 11 is 13.4. The highest BCUT2D eigenvalue weighted by Crippen LogP contribution is 2.27. The first kappa shape index (κ1) is 24.1. The van der Waals surface area contributed by atoms with E-state index in [4.69, 9.17) is 27.9 Å². The van der Waals surface area contributed by atoms with Gasteiger partial charge in [0.25, 0.3) is 0 Å². The summed E-state index contributed by atoms with van der Waals surface area (Å²) in [7, 11) is 0. The number of thioether (sulfide) groups is 1. The van der Waals surface area contributed by atoms with Gasteiger partial charge in [0.2, 0.25) is 0 Å². The number of aliphatic hydroxyl groups is 1. The van der Waals surface area contributed by atoms with E-state index in [1.165, 1.54) is 25.6 Å². The van der Waals surface area contributed by atoms with Crippen LogP contribution < -0.4 is 5.32 Å². The number of hydrogen-bond donors (Lipinski definition) is 2. The largest absolute Gasteiger partial charge is 0.460 e. The molecule has 0 aliphatic carbocycles. The van der Waals surface area contributed by atoms with Crippen molar-refractivity contribution >= 4 is 46.7 Å². The van der Waals surface area contributed by atoms with Crippen molar-refractivity contribution in [3.05, 3.63) is 15.9 Å². The second kappa shape index (κ2) is 9.52. The summed E-state index contributed by atoms with van der Waals surface area (Å²) in [6.45, 7) is 8.36. The summed E-state index contributed by atoms with van der Waals surface area (Å²) < 4.78 is 5.22. The SMILES string of the molecule is CSc1nc(Cl)c(C(=O)C(NCCC(=O)OC(C)(C)C)C(C)(C)O)c(Cl)n1. The second-order valence-electron chi connectivity index (χ2n) is 7.41. The summed E-state index contributed by atoms with van der Waals surface area (Å²) in [5.41, 5.74) is -2.12. The highest BCUT2D eigenvalue weighted by molar-refractivity contribution is 7.98. The molecule has 0 spiro atoms. The van der Waals surface area contributed by atoms with Crippen molar-refractivity contribution in [1.29, 1.82) is 0 Å². The van der Waals surface area contributed by atoms with Gasteiger partial charge in [0.1, 0.15) is 15.9 Å². The van der Waals surface area contributed by atoms with Gasteiger partial charge < -0.3 is 15.2 Å². The molecule has 7 nitrogen and oxygen atoms in total. The van der Waals surface area contributed by atoms with E-state index in [1.807, 2.05) is 0 Å². The van der Waals surface area contributed by atoms with E-state index in [0.29, 0.717) is 5.16 Å². The quantitative estimate of drug-likeness (QED) is 0.210. The highest BCUT2D eigenvalue weighted by Gasteiger charge is 2.36. The molecule has 1 aromatic rings. The number of ether oxygens (including phenoxy) is 1. The molecular formula is C17H25Cl2N3O4S. The molecule has 0 aromatic carbocycles. The van der Waals surface area contributed by atoms with Crippen LogP contribution in [0.25, 0.3) is 0 Å². The number of hydrogen-bond acceptors (Lipinski definition) is 8. The fourth-order valence-corrected chi connectivity index (χ4v) is 3.24. The zero-order chi connectivity index (χ0) is 21.0. The summed E-state index contributed by atoms with van der Waals surface area (Å²) in [4.78, 5) is 32.8. The van der Waals surface area contributed by atoms with E-state index in [0.717, 1.165) is 0 Å². The van der Waals surface area contributed by atoms with Gasteiger partial charge >= 0.3 is 5.97 Å². The molecule has 1 rings (SSSR count). The van der Waals surface area contributed by atoms with Crippen molar-refractivity contribution < 1.29 is 19.4 Å². The predicted octanol–water partition coefficient (Wildman–Crippen LogP) is 3.15. The van der Waals surface area contributed by atoms with Crippen LogP contribution >= 0.6 is 35.0 Å². The molecule has 1 unspecified atom stereocenters. The van der Waals surface area contributed by atoms with Crippen LogP contribution in [0.4, 0.5) is 0 Å². The third kappa shape index (κ3) is 7.54. The molecule has 152 valence electrons. The molecule has 0 bridgehead atoms. The van der Waals surface area contributed by atoms with Crippen LogP contribution in [0.1, 0.15) is 51.4 Å². The lowest BCUT2D eigenvalue weighted by Crippen LogP contribution is -2.52. The minimum absolute atomic E-state index is 0.0283. The minimum Gasteiger partial charge on any atom is -0.460 e. The number of aromatic nitrogens is 2. The average Bonchev–Trinajstić information content (AvgIpc) is 2.47. The molecule has 0 aliphatic heterocycles. The Morgan fingerprint density at radius 3 is 2.11 bits per heavy atom. The van der Waals surface area contributed by atoms with Gasteiger partial charge in [0.05, 0.1) is 23.6 Å². The molecule has 0 saturated heterocycles. The number of nitrogens with zero attached hydrogens (tertiary/aromatic N) is 2. The Morgan fingerprint density at radius 1 is 1.19 bits per heavy atom. The smallest absolute Gasteiger partial charge is 0.307 e. The zero-order valence-electron chi connectivity index (χ0n) is 16.2.